The molecule has 0 bridgehead atoms. The molecule has 0 atom stereocenters. The van der Waals surface area contributed by atoms with Crippen LogP contribution < -0.4 is 4.74 Å². The molecule has 0 amide bonds. The summed E-state index contributed by atoms with van der Waals surface area (Å²) in [5.74, 6) is 0.875. The average Bonchev–Trinajstić information content (AvgIpc) is 2.94. The molecule has 26 heavy (non-hydrogen) atoms. The van der Waals surface area contributed by atoms with E-state index < -0.39 is 0 Å². The predicted molar refractivity (Wildman–Crippen MR) is 114 cm³/mol. The lowest BCUT2D eigenvalue weighted by Crippen LogP contribution is -2.10. The Morgan fingerprint density at radius 3 is 2.04 bits per heavy atom. The number of fused-ring (bicyclic) bond motifs is 3. The average molecular weight is 408 g/mol. The van der Waals surface area contributed by atoms with E-state index in [0.29, 0.717) is 0 Å². The lowest BCUT2D eigenvalue weighted by Gasteiger charge is -2.19. The Balaban J connectivity index is 2.02. The summed E-state index contributed by atoms with van der Waals surface area (Å²) in [5.41, 5.74) is 5.04. The third kappa shape index (κ3) is 2.80. The molecule has 2 nitrogen and oxygen atoms in total. The monoisotopic (exact) mass is 407 g/mol. The van der Waals surface area contributed by atoms with E-state index >= 15 is 0 Å². The third-order valence-electron chi connectivity index (χ3n) is 4.93. The Labute approximate surface area is 162 Å². The van der Waals surface area contributed by atoms with E-state index in [-0.39, 0.29) is 5.41 Å². The smallest absolute Gasteiger partial charge is 0.119 e. The van der Waals surface area contributed by atoms with Gasteiger partial charge in [0.1, 0.15) is 5.75 Å². The van der Waals surface area contributed by atoms with Crippen LogP contribution in [0.4, 0.5) is 0 Å². The molecule has 0 spiro atoms. The van der Waals surface area contributed by atoms with Crippen LogP contribution in [0.1, 0.15) is 26.3 Å². The highest BCUT2D eigenvalue weighted by Crippen LogP contribution is 2.36. The van der Waals surface area contributed by atoms with Crippen LogP contribution in [-0.4, -0.2) is 11.7 Å². The number of ether oxygens (including phenoxy) is 1. The number of aromatic nitrogens is 1. The molecule has 4 aromatic rings. The zero-order valence-electron chi connectivity index (χ0n) is 15.5. The van der Waals surface area contributed by atoms with Crippen LogP contribution in [0.2, 0.25) is 0 Å². The van der Waals surface area contributed by atoms with Crippen LogP contribution in [0.3, 0.4) is 0 Å². The van der Waals surface area contributed by atoms with Gasteiger partial charge in [0.25, 0.3) is 0 Å². The zero-order valence-corrected chi connectivity index (χ0v) is 17.1. The minimum atomic E-state index is 0.150. The van der Waals surface area contributed by atoms with E-state index in [1.807, 2.05) is 6.07 Å². The lowest BCUT2D eigenvalue weighted by molar-refractivity contribution is 0.415. The largest absolute Gasteiger partial charge is 0.497 e. The van der Waals surface area contributed by atoms with Crippen molar-refractivity contribution in [3.63, 3.8) is 0 Å². The lowest BCUT2D eigenvalue weighted by atomic mass is 9.87. The quantitative estimate of drug-likeness (QED) is 0.354. The molecule has 0 saturated carbocycles. The molecule has 0 aliphatic rings. The van der Waals surface area contributed by atoms with Gasteiger partial charge in [0, 0.05) is 20.9 Å². The van der Waals surface area contributed by atoms with Gasteiger partial charge < -0.3 is 9.30 Å². The Morgan fingerprint density at radius 1 is 0.808 bits per heavy atom. The number of benzene rings is 3. The van der Waals surface area contributed by atoms with E-state index in [0.717, 1.165) is 10.2 Å². The standard InChI is InChI=1S/C23H22BrNO/c1-23(2,3)15-5-8-17(9-6-15)25-21-11-7-16(24)13-19(21)20-14-18(26-4)10-12-22(20)25/h5-14H,1-4H3. The van der Waals surface area contributed by atoms with E-state index in [1.165, 1.54) is 33.1 Å². The van der Waals surface area contributed by atoms with E-state index in [1.54, 1.807) is 7.11 Å². The molecule has 1 heterocycles. The van der Waals surface area contributed by atoms with Gasteiger partial charge in [-0.15, -0.1) is 0 Å². The van der Waals surface area contributed by atoms with Gasteiger partial charge in [0.05, 0.1) is 18.1 Å². The van der Waals surface area contributed by atoms with Crippen molar-refractivity contribution in [3.05, 3.63) is 70.7 Å². The highest BCUT2D eigenvalue weighted by Gasteiger charge is 2.16. The molecule has 4 rings (SSSR count). The highest BCUT2D eigenvalue weighted by molar-refractivity contribution is 9.10. The molecule has 1 aromatic heterocycles. The maximum atomic E-state index is 5.45. The minimum Gasteiger partial charge on any atom is -0.497 e. The topological polar surface area (TPSA) is 14.2 Å². The van der Waals surface area contributed by atoms with Crippen LogP contribution in [0, 0.1) is 0 Å². The summed E-state index contributed by atoms with van der Waals surface area (Å²) in [6, 6.07) is 21.6. The van der Waals surface area contributed by atoms with Crippen molar-refractivity contribution in [1.29, 1.82) is 0 Å². The second-order valence-corrected chi connectivity index (χ2v) is 8.59. The molecule has 0 aliphatic carbocycles. The van der Waals surface area contributed by atoms with Crippen LogP contribution in [0.15, 0.2) is 65.1 Å². The Bertz CT molecular complexity index is 1100. The van der Waals surface area contributed by atoms with Crippen LogP contribution in [0.5, 0.6) is 5.75 Å². The summed E-state index contributed by atoms with van der Waals surface area (Å²) < 4.78 is 8.85. The fraction of sp³-hybridized carbons (Fsp3) is 0.217. The zero-order chi connectivity index (χ0) is 18.5. The number of halogens is 1. The SMILES string of the molecule is COc1ccc2c(c1)c1cc(Br)ccc1n2-c1ccc(C(C)(C)C)cc1. The molecule has 0 fully saturated rings. The van der Waals surface area contributed by atoms with Crippen molar-refractivity contribution >= 4 is 37.7 Å². The molecular formula is C23H22BrNO. The van der Waals surface area contributed by atoms with Gasteiger partial charge in [0.2, 0.25) is 0 Å². The number of hydrogen-bond donors (Lipinski definition) is 0. The second-order valence-electron chi connectivity index (χ2n) is 7.68. The van der Waals surface area contributed by atoms with Gasteiger partial charge in [-0.05, 0) is 59.5 Å². The molecule has 0 aliphatic heterocycles. The molecule has 0 radical (unpaired) electrons. The maximum Gasteiger partial charge on any atom is 0.119 e. The Kier molecular flexibility index (Phi) is 4.07. The van der Waals surface area contributed by atoms with E-state index in [4.69, 9.17) is 4.74 Å². The van der Waals surface area contributed by atoms with Crippen molar-refractivity contribution in [2.45, 2.75) is 26.2 Å². The number of methoxy groups -OCH3 is 1. The highest BCUT2D eigenvalue weighted by atomic mass is 79.9. The number of hydrogen-bond acceptors (Lipinski definition) is 1. The first kappa shape index (κ1) is 17.2. The molecule has 3 heteroatoms. The summed E-state index contributed by atoms with van der Waals surface area (Å²) >= 11 is 3.61. The molecule has 0 unspecified atom stereocenters. The Hall–Kier alpha value is -2.26. The fourth-order valence-electron chi connectivity index (χ4n) is 3.49. The van der Waals surface area contributed by atoms with Gasteiger partial charge in [-0.25, -0.2) is 0 Å². The maximum absolute atomic E-state index is 5.45. The summed E-state index contributed by atoms with van der Waals surface area (Å²) in [7, 11) is 1.71. The van der Waals surface area contributed by atoms with Crippen molar-refractivity contribution in [2.24, 2.45) is 0 Å². The van der Waals surface area contributed by atoms with Gasteiger partial charge in [-0.3, -0.25) is 0 Å². The van der Waals surface area contributed by atoms with Crippen LogP contribution in [-0.2, 0) is 5.41 Å². The molecule has 0 saturated heterocycles. The summed E-state index contributed by atoms with van der Waals surface area (Å²) in [5, 5.41) is 2.41. The van der Waals surface area contributed by atoms with Crippen LogP contribution >= 0.6 is 15.9 Å². The van der Waals surface area contributed by atoms with Crippen molar-refractivity contribution in [3.8, 4) is 11.4 Å². The number of rotatable bonds is 2. The van der Waals surface area contributed by atoms with Crippen molar-refractivity contribution in [1.82, 2.24) is 4.57 Å². The Morgan fingerprint density at radius 2 is 1.42 bits per heavy atom. The van der Waals surface area contributed by atoms with E-state index in [9.17, 15) is 0 Å². The van der Waals surface area contributed by atoms with Crippen LogP contribution in [0.25, 0.3) is 27.5 Å². The second kappa shape index (κ2) is 6.17. The normalized spacial score (nSPS) is 12.0. The summed E-state index contributed by atoms with van der Waals surface area (Å²) in [4.78, 5) is 0. The van der Waals surface area contributed by atoms with Gasteiger partial charge >= 0.3 is 0 Å². The van der Waals surface area contributed by atoms with E-state index in [2.05, 4.69) is 95.9 Å². The van der Waals surface area contributed by atoms with Gasteiger partial charge in [0.15, 0.2) is 0 Å². The molecule has 3 aromatic carbocycles. The molecule has 132 valence electrons. The summed E-state index contributed by atoms with van der Waals surface area (Å²) in [6.07, 6.45) is 0. The molecule has 0 N–H and O–H groups in total. The summed E-state index contributed by atoms with van der Waals surface area (Å²) in [6.45, 7) is 6.73. The van der Waals surface area contributed by atoms with Gasteiger partial charge in [-0.2, -0.15) is 0 Å². The molecular weight excluding hydrogens is 386 g/mol. The predicted octanol–water partition coefficient (Wildman–Crippen LogP) is 6.85. The number of nitrogens with zero attached hydrogens (tertiary/aromatic N) is 1. The van der Waals surface area contributed by atoms with Crippen molar-refractivity contribution in [2.75, 3.05) is 7.11 Å². The first-order valence-electron chi connectivity index (χ1n) is 8.77. The fourth-order valence-corrected chi connectivity index (χ4v) is 3.85. The van der Waals surface area contributed by atoms with Crippen molar-refractivity contribution < 1.29 is 4.74 Å². The first-order chi connectivity index (χ1) is 12.4. The first-order valence-corrected chi connectivity index (χ1v) is 9.56. The minimum absolute atomic E-state index is 0.150. The van der Waals surface area contributed by atoms with Gasteiger partial charge in [-0.1, -0.05) is 48.8 Å². The third-order valence-corrected chi connectivity index (χ3v) is 5.42.